The number of carbonyl (C=O) groups is 2. The highest BCUT2D eigenvalue weighted by molar-refractivity contribution is 7.92. The fourth-order valence-corrected chi connectivity index (χ4v) is 5.56. The number of methoxy groups -OCH3 is 1. The third-order valence-corrected chi connectivity index (χ3v) is 8.23. The van der Waals surface area contributed by atoms with Crippen LogP contribution in [0.2, 0.25) is 0 Å². The van der Waals surface area contributed by atoms with Crippen molar-refractivity contribution in [2.75, 3.05) is 37.7 Å². The lowest BCUT2D eigenvalue weighted by molar-refractivity contribution is -0.123. The van der Waals surface area contributed by atoms with E-state index >= 15 is 0 Å². The molecule has 3 aromatic carbocycles. The Labute approximate surface area is 245 Å². The van der Waals surface area contributed by atoms with Crippen molar-refractivity contribution in [3.05, 3.63) is 83.9 Å². The molecule has 42 heavy (non-hydrogen) atoms. The topological polar surface area (TPSA) is 136 Å². The minimum absolute atomic E-state index is 0.0508. The first-order valence-corrected chi connectivity index (χ1v) is 14.8. The molecular weight excluding hydrogens is 560 g/mol. The smallest absolute Gasteiger partial charge is 0.264 e. The summed E-state index contributed by atoms with van der Waals surface area (Å²) in [6.07, 6.45) is 3.43. The summed E-state index contributed by atoms with van der Waals surface area (Å²) in [5.41, 5.74) is 4.21. The first-order chi connectivity index (χ1) is 20.2. The Morgan fingerprint density at radius 3 is 2.50 bits per heavy atom. The van der Waals surface area contributed by atoms with Crippen LogP contribution in [0, 0.1) is 6.92 Å². The first kappa shape index (κ1) is 30.5. The van der Waals surface area contributed by atoms with E-state index in [4.69, 9.17) is 14.2 Å². The van der Waals surface area contributed by atoms with Gasteiger partial charge in [-0.25, -0.2) is 13.8 Å². The highest BCUT2D eigenvalue weighted by Gasteiger charge is 2.27. The van der Waals surface area contributed by atoms with Crippen LogP contribution in [0.3, 0.4) is 0 Å². The third-order valence-electron chi connectivity index (χ3n) is 6.44. The number of rotatable bonds is 13. The number of ether oxygens (including phenoxy) is 3. The number of sulfonamides is 1. The largest absolute Gasteiger partial charge is 0.497 e. The molecule has 0 aromatic heterocycles. The number of hydrogen-bond donors (Lipinski definition) is 2. The van der Waals surface area contributed by atoms with Gasteiger partial charge in [-0.3, -0.25) is 13.9 Å². The lowest BCUT2D eigenvalue weighted by Gasteiger charge is -2.24. The molecule has 1 fully saturated rings. The molecule has 0 unspecified atom stereocenters. The minimum atomic E-state index is -4.08. The second-order valence-electron chi connectivity index (χ2n) is 9.62. The van der Waals surface area contributed by atoms with Gasteiger partial charge in [-0.2, -0.15) is 5.10 Å². The molecule has 1 aliphatic heterocycles. The molecular formula is C30H34N4O7S. The quantitative estimate of drug-likeness (QED) is 0.229. The van der Waals surface area contributed by atoms with Crippen LogP contribution in [0.5, 0.6) is 11.5 Å². The summed E-state index contributed by atoms with van der Waals surface area (Å²) in [6.45, 7) is 2.43. The fourth-order valence-electron chi connectivity index (χ4n) is 4.15. The predicted octanol–water partition coefficient (Wildman–Crippen LogP) is 3.02. The molecule has 1 saturated heterocycles. The van der Waals surface area contributed by atoms with E-state index in [-0.39, 0.29) is 29.2 Å². The standard InChI is InChI=1S/C30H34N4O7S/c1-22-8-14-28(15-9-22)42(37,38)34(24-5-3-6-26(17-24)39-2)20-29(35)33-32-18-23-10-12-25(13-11-23)41-21-30(36)31-19-27-7-4-16-40-27/h3,5-6,8-15,17-18,27H,4,7,16,19-21H2,1-2H3,(H,31,36)(H,33,35)/b32-18-/t27-/m1/s1. The molecule has 0 spiro atoms. The zero-order valence-electron chi connectivity index (χ0n) is 23.5. The number of amides is 2. The van der Waals surface area contributed by atoms with Gasteiger partial charge in [-0.05, 0) is 73.9 Å². The average molecular weight is 595 g/mol. The normalized spacial score (nSPS) is 14.9. The number of anilines is 1. The van der Waals surface area contributed by atoms with E-state index in [2.05, 4.69) is 15.8 Å². The Hall–Kier alpha value is -4.42. The molecule has 4 rings (SSSR count). The van der Waals surface area contributed by atoms with Crippen LogP contribution in [0.1, 0.15) is 24.0 Å². The number of nitrogens with one attached hydrogen (secondary N) is 2. The van der Waals surface area contributed by atoms with E-state index < -0.39 is 22.5 Å². The lowest BCUT2D eigenvalue weighted by Crippen LogP contribution is -2.39. The van der Waals surface area contributed by atoms with Crippen LogP contribution in [-0.2, 0) is 24.3 Å². The van der Waals surface area contributed by atoms with E-state index in [0.717, 1.165) is 29.3 Å². The average Bonchev–Trinajstić information content (AvgIpc) is 3.52. The molecule has 1 aliphatic rings. The molecule has 11 nitrogen and oxygen atoms in total. The summed E-state index contributed by atoms with van der Waals surface area (Å²) < 4.78 is 44.3. The van der Waals surface area contributed by atoms with E-state index in [0.29, 0.717) is 23.6 Å². The van der Waals surface area contributed by atoms with Crippen LogP contribution in [-0.4, -0.2) is 66.0 Å². The highest BCUT2D eigenvalue weighted by atomic mass is 32.2. The predicted molar refractivity (Wildman–Crippen MR) is 158 cm³/mol. The first-order valence-electron chi connectivity index (χ1n) is 13.4. The van der Waals surface area contributed by atoms with Gasteiger partial charge in [-0.15, -0.1) is 0 Å². The Morgan fingerprint density at radius 2 is 1.81 bits per heavy atom. The molecule has 1 heterocycles. The summed E-state index contributed by atoms with van der Waals surface area (Å²) in [6, 6.07) is 19.6. The summed E-state index contributed by atoms with van der Waals surface area (Å²) in [5, 5.41) is 6.76. The number of nitrogens with zero attached hydrogens (tertiary/aromatic N) is 2. The van der Waals surface area contributed by atoms with Crippen molar-refractivity contribution in [2.45, 2.75) is 30.8 Å². The van der Waals surface area contributed by atoms with E-state index in [1.165, 1.54) is 25.5 Å². The number of hydrogen-bond acceptors (Lipinski definition) is 8. The Balaban J connectivity index is 1.34. The summed E-state index contributed by atoms with van der Waals surface area (Å²) in [4.78, 5) is 24.9. The van der Waals surface area contributed by atoms with Gasteiger partial charge in [-0.1, -0.05) is 23.8 Å². The van der Waals surface area contributed by atoms with Gasteiger partial charge in [0.05, 0.1) is 30.0 Å². The van der Waals surface area contributed by atoms with Gasteiger partial charge in [0.1, 0.15) is 18.0 Å². The molecule has 0 bridgehead atoms. The Kier molecular flexibility index (Phi) is 10.5. The second-order valence-corrected chi connectivity index (χ2v) is 11.5. The van der Waals surface area contributed by atoms with Crippen molar-refractivity contribution in [3.63, 3.8) is 0 Å². The van der Waals surface area contributed by atoms with Gasteiger partial charge in [0.15, 0.2) is 6.61 Å². The van der Waals surface area contributed by atoms with Crippen molar-refractivity contribution >= 4 is 33.7 Å². The number of hydrazone groups is 1. The monoisotopic (exact) mass is 594 g/mol. The molecule has 1 atom stereocenters. The van der Waals surface area contributed by atoms with Gasteiger partial charge in [0, 0.05) is 19.2 Å². The van der Waals surface area contributed by atoms with Crippen LogP contribution < -0.4 is 24.5 Å². The lowest BCUT2D eigenvalue weighted by atomic mass is 10.2. The van der Waals surface area contributed by atoms with Gasteiger partial charge < -0.3 is 19.5 Å². The van der Waals surface area contributed by atoms with E-state index in [1.807, 2.05) is 6.92 Å². The maximum atomic E-state index is 13.5. The van der Waals surface area contributed by atoms with E-state index in [1.54, 1.807) is 60.7 Å². The van der Waals surface area contributed by atoms with Crippen molar-refractivity contribution in [1.29, 1.82) is 0 Å². The van der Waals surface area contributed by atoms with Crippen molar-refractivity contribution in [2.24, 2.45) is 5.10 Å². The van der Waals surface area contributed by atoms with Crippen molar-refractivity contribution < 1.29 is 32.2 Å². The molecule has 0 radical (unpaired) electrons. The number of aryl methyl sites for hydroxylation is 1. The van der Waals surface area contributed by atoms with E-state index in [9.17, 15) is 18.0 Å². The fraction of sp³-hybridized carbons (Fsp3) is 0.300. The van der Waals surface area contributed by atoms with Crippen LogP contribution in [0.4, 0.5) is 5.69 Å². The van der Waals surface area contributed by atoms with Crippen molar-refractivity contribution in [1.82, 2.24) is 10.7 Å². The van der Waals surface area contributed by atoms with Crippen LogP contribution in [0.15, 0.2) is 82.8 Å². The minimum Gasteiger partial charge on any atom is -0.497 e. The number of carbonyl (C=O) groups excluding carboxylic acids is 2. The molecule has 222 valence electrons. The van der Waals surface area contributed by atoms with Gasteiger partial charge in [0.25, 0.3) is 21.8 Å². The molecule has 12 heteroatoms. The maximum absolute atomic E-state index is 13.5. The van der Waals surface area contributed by atoms with Crippen LogP contribution >= 0.6 is 0 Å². The molecule has 0 aliphatic carbocycles. The molecule has 0 saturated carbocycles. The van der Waals surface area contributed by atoms with Gasteiger partial charge >= 0.3 is 0 Å². The van der Waals surface area contributed by atoms with Crippen molar-refractivity contribution in [3.8, 4) is 11.5 Å². The summed E-state index contributed by atoms with van der Waals surface area (Å²) in [7, 11) is -2.60. The Bertz CT molecular complexity index is 1490. The maximum Gasteiger partial charge on any atom is 0.264 e. The summed E-state index contributed by atoms with van der Waals surface area (Å²) in [5.74, 6) is 0.0745. The third kappa shape index (κ3) is 8.54. The molecule has 3 aromatic rings. The van der Waals surface area contributed by atoms with Crippen LogP contribution in [0.25, 0.3) is 0 Å². The van der Waals surface area contributed by atoms with Gasteiger partial charge in [0.2, 0.25) is 0 Å². The molecule has 2 N–H and O–H groups in total. The second kappa shape index (κ2) is 14.5. The summed E-state index contributed by atoms with van der Waals surface area (Å²) >= 11 is 0. The SMILES string of the molecule is COc1cccc(N(CC(=O)N/N=C\c2ccc(OCC(=O)NC[C@H]3CCCO3)cc2)S(=O)(=O)c2ccc(C)cc2)c1. The highest BCUT2D eigenvalue weighted by Crippen LogP contribution is 2.27. The molecule has 2 amide bonds. The zero-order valence-corrected chi connectivity index (χ0v) is 24.3. The number of benzene rings is 3. The Morgan fingerprint density at radius 1 is 1.05 bits per heavy atom. The zero-order chi connectivity index (χ0) is 30.0.